The van der Waals surface area contributed by atoms with Gasteiger partial charge in [0.1, 0.15) is 0 Å². The van der Waals surface area contributed by atoms with E-state index in [1.807, 2.05) is 31.2 Å². The third kappa shape index (κ3) is 2.41. The molecule has 0 radical (unpaired) electrons. The molecule has 140 valence electrons. The standard InChI is InChI=1S/C19H25N3O4/c1-5-15-19(16(23)20(2)18(25)21(3)17(19)24)12-13-8-6-7-9-14(13)22(15)10-11-26-4/h6-9,15H,5,10-12H2,1-4H3. The molecule has 1 aromatic carbocycles. The van der Waals surface area contributed by atoms with Crippen molar-refractivity contribution in [2.24, 2.45) is 5.41 Å². The summed E-state index contributed by atoms with van der Waals surface area (Å²) in [6.45, 7) is 3.01. The lowest BCUT2D eigenvalue weighted by Crippen LogP contribution is -2.71. The highest BCUT2D eigenvalue weighted by atomic mass is 16.5. The van der Waals surface area contributed by atoms with Gasteiger partial charge in [-0.1, -0.05) is 25.1 Å². The zero-order chi connectivity index (χ0) is 19.1. The summed E-state index contributed by atoms with van der Waals surface area (Å²) in [5.41, 5.74) is 0.657. The van der Waals surface area contributed by atoms with Gasteiger partial charge in [0.25, 0.3) is 0 Å². The van der Waals surface area contributed by atoms with Gasteiger partial charge in [-0.05, 0) is 24.5 Å². The summed E-state index contributed by atoms with van der Waals surface area (Å²) in [6.07, 6.45) is 0.899. The number of barbiturate groups is 1. The number of nitrogens with zero attached hydrogens (tertiary/aromatic N) is 3. The average Bonchev–Trinajstić information content (AvgIpc) is 2.67. The Morgan fingerprint density at radius 1 is 1.12 bits per heavy atom. The number of hydrogen-bond donors (Lipinski definition) is 0. The smallest absolute Gasteiger partial charge is 0.332 e. The summed E-state index contributed by atoms with van der Waals surface area (Å²) in [7, 11) is 4.52. The minimum Gasteiger partial charge on any atom is -0.383 e. The lowest BCUT2D eigenvalue weighted by Gasteiger charge is -2.52. The second kappa shape index (κ2) is 6.72. The first kappa shape index (κ1) is 18.4. The van der Waals surface area contributed by atoms with Crippen molar-refractivity contribution in [3.8, 4) is 0 Å². The molecule has 0 N–H and O–H groups in total. The molecular formula is C19H25N3O4. The van der Waals surface area contributed by atoms with Crippen LogP contribution in [0, 0.1) is 5.41 Å². The molecule has 2 aliphatic heterocycles. The number of methoxy groups -OCH3 is 1. The molecule has 2 aliphatic rings. The first-order valence-electron chi connectivity index (χ1n) is 8.83. The Morgan fingerprint density at radius 2 is 1.73 bits per heavy atom. The van der Waals surface area contributed by atoms with Crippen molar-refractivity contribution in [3.05, 3.63) is 29.8 Å². The Kier molecular flexibility index (Phi) is 4.75. The molecule has 0 aliphatic carbocycles. The molecule has 1 saturated heterocycles. The van der Waals surface area contributed by atoms with Crippen LogP contribution in [-0.2, 0) is 20.7 Å². The number of carbonyl (C=O) groups is 3. The van der Waals surface area contributed by atoms with Gasteiger partial charge in [0.2, 0.25) is 11.8 Å². The second-order valence-electron chi connectivity index (χ2n) is 6.90. The first-order valence-corrected chi connectivity index (χ1v) is 8.83. The highest BCUT2D eigenvalue weighted by Gasteiger charge is 2.62. The summed E-state index contributed by atoms with van der Waals surface area (Å²) in [5.74, 6) is -0.844. The van der Waals surface area contributed by atoms with E-state index in [9.17, 15) is 14.4 Å². The summed E-state index contributed by atoms with van der Waals surface area (Å²) in [5, 5.41) is 0. The zero-order valence-corrected chi connectivity index (χ0v) is 15.7. The fraction of sp³-hybridized carbons (Fsp3) is 0.526. The van der Waals surface area contributed by atoms with Gasteiger partial charge in [0, 0.05) is 33.4 Å². The maximum Gasteiger partial charge on any atom is 0.332 e. The second-order valence-corrected chi connectivity index (χ2v) is 6.90. The average molecular weight is 359 g/mol. The van der Waals surface area contributed by atoms with Gasteiger partial charge in [-0.3, -0.25) is 19.4 Å². The lowest BCUT2D eigenvalue weighted by molar-refractivity contribution is -0.159. The first-order chi connectivity index (χ1) is 12.4. The molecule has 1 atom stereocenters. The molecule has 1 fully saturated rings. The van der Waals surface area contributed by atoms with Gasteiger partial charge in [-0.25, -0.2) is 4.79 Å². The van der Waals surface area contributed by atoms with Gasteiger partial charge in [-0.15, -0.1) is 0 Å². The number of urea groups is 1. The zero-order valence-electron chi connectivity index (χ0n) is 15.7. The Labute approximate surface area is 153 Å². The van der Waals surface area contributed by atoms with Crippen molar-refractivity contribution in [2.45, 2.75) is 25.8 Å². The highest BCUT2D eigenvalue weighted by molar-refractivity contribution is 6.20. The molecule has 0 bridgehead atoms. The van der Waals surface area contributed by atoms with Crippen LogP contribution in [0.3, 0.4) is 0 Å². The van der Waals surface area contributed by atoms with Gasteiger partial charge >= 0.3 is 6.03 Å². The summed E-state index contributed by atoms with van der Waals surface area (Å²) >= 11 is 0. The largest absolute Gasteiger partial charge is 0.383 e. The molecular weight excluding hydrogens is 334 g/mol. The van der Waals surface area contributed by atoms with Crippen LogP contribution in [0.2, 0.25) is 0 Å². The van der Waals surface area contributed by atoms with E-state index in [0.717, 1.165) is 21.1 Å². The summed E-state index contributed by atoms with van der Waals surface area (Å²) in [6, 6.07) is 6.89. The third-order valence-electron chi connectivity index (χ3n) is 5.58. The number of para-hydroxylation sites is 1. The number of amides is 4. The number of rotatable bonds is 4. The molecule has 4 amide bonds. The van der Waals surface area contributed by atoms with E-state index >= 15 is 0 Å². The number of carbonyl (C=O) groups excluding carboxylic acids is 3. The number of anilines is 1. The van der Waals surface area contributed by atoms with Crippen molar-refractivity contribution in [1.82, 2.24) is 9.80 Å². The van der Waals surface area contributed by atoms with Crippen LogP contribution in [0.1, 0.15) is 18.9 Å². The SMILES string of the molecule is CCC1N(CCOC)c2ccccc2CC12C(=O)N(C)C(=O)N(C)C2=O. The Bertz CT molecular complexity index is 724. The monoisotopic (exact) mass is 359 g/mol. The minimum absolute atomic E-state index is 0.296. The fourth-order valence-corrected chi connectivity index (χ4v) is 4.35. The highest BCUT2D eigenvalue weighted by Crippen LogP contribution is 2.46. The minimum atomic E-state index is -1.30. The van der Waals surface area contributed by atoms with Gasteiger partial charge in [0.15, 0.2) is 5.41 Å². The van der Waals surface area contributed by atoms with E-state index in [1.54, 1.807) is 7.11 Å². The van der Waals surface area contributed by atoms with Gasteiger partial charge in [-0.2, -0.15) is 0 Å². The lowest BCUT2D eigenvalue weighted by atomic mass is 9.67. The summed E-state index contributed by atoms with van der Waals surface area (Å²) in [4.78, 5) is 43.0. The van der Waals surface area contributed by atoms with Crippen molar-refractivity contribution in [1.29, 1.82) is 0 Å². The van der Waals surface area contributed by atoms with Crippen molar-refractivity contribution in [2.75, 3.05) is 39.3 Å². The number of hydrogen-bond acceptors (Lipinski definition) is 5. The molecule has 1 unspecified atom stereocenters. The van der Waals surface area contributed by atoms with Crippen LogP contribution in [0.25, 0.3) is 0 Å². The molecule has 7 nitrogen and oxygen atoms in total. The molecule has 26 heavy (non-hydrogen) atoms. The van der Waals surface area contributed by atoms with Crippen molar-refractivity contribution < 1.29 is 19.1 Å². The van der Waals surface area contributed by atoms with E-state index in [-0.39, 0.29) is 6.04 Å². The Hall–Kier alpha value is -2.41. The number of benzene rings is 1. The topological polar surface area (TPSA) is 70.2 Å². The van der Waals surface area contributed by atoms with Crippen LogP contribution in [0.15, 0.2) is 24.3 Å². The van der Waals surface area contributed by atoms with E-state index in [4.69, 9.17) is 4.74 Å². The number of ether oxygens (including phenoxy) is 1. The fourth-order valence-electron chi connectivity index (χ4n) is 4.35. The molecule has 1 aromatic rings. The third-order valence-corrected chi connectivity index (χ3v) is 5.58. The maximum absolute atomic E-state index is 13.3. The van der Waals surface area contributed by atoms with Crippen LogP contribution in [-0.4, -0.2) is 68.0 Å². The molecule has 7 heteroatoms. The molecule has 0 saturated carbocycles. The van der Waals surface area contributed by atoms with Crippen molar-refractivity contribution in [3.63, 3.8) is 0 Å². The van der Waals surface area contributed by atoms with Gasteiger partial charge in [0.05, 0.1) is 12.6 Å². The van der Waals surface area contributed by atoms with Crippen LogP contribution in [0.4, 0.5) is 10.5 Å². The molecule has 2 heterocycles. The van der Waals surface area contributed by atoms with Gasteiger partial charge < -0.3 is 9.64 Å². The normalized spacial score (nSPS) is 22.2. The predicted molar refractivity (Wildman–Crippen MR) is 96.8 cm³/mol. The predicted octanol–water partition coefficient (Wildman–Crippen LogP) is 1.51. The Morgan fingerprint density at radius 3 is 2.31 bits per heavy atom. The van der Waals surface area contributed by atoms with E-state index in [1.165, 1.54) is 14.1 Å². The number of fused-ring (bicyclic) bond motifs is 1. The maximum atomic E-state index is 13.3. The number of imide groups is 2. The molecule has 0 aromatic heterocycles. The van der Waals surface area contributed by atoms with Crippen LogP contribution < -0.4 is 4.90 Å². The van der Waals surface area contributed by atoms with Crippen LogP contribution >= 0.6 is 0 Å². The molecule has 1 spiro atoms. The Balaban J connectivity index is 2.18. The van der Waals surface area contributed by atoms with Crippen molar-refractivity contribution >= 4 is 23.5 Å². The molecule has 3 rings (SSSR count). The van der Waals surface area contributed by atoms with E-state index in [2.05, 4.69) is 4.90 Å². The quantitative estimate of drug-likeness (QED) is 0.762. The van der Waals surface area contributed by atoms with Crippen LogP contribution in [0.5, 0.6) is 0 Å². The van der Waals surface area contributed by atoms with E-state index in [0.29, 0.717) is 26.0 Å². The van der Waals surface area contributed by atoms with E-state index < -0.39 is 23.3 Å². The summed E-state index contributed by atoms with van der Waals surface area (Å²) < 4.78 is 5.25.